The van der Waals surface area contributed by atoms with Crippen molar-refractivity contribution in [2.75, 3.05) is 19.4 Å². The van der Waals surface area contributed by atoms with Crippen molar-refractivity contribution in [1.29, 1.82) is 0 Å². The molecule has 5 heteroatoms. The molecule has 1 saturated heterocycles. The Hall–Kier alpha value is -2.04. The quantitative estimate of drug-likeness (QED) is 0.668. The minimum Gasteiger partial charge on any atom is -0.467 e. The predicted molar refractivity (Wildman–Crippen MR) is 75.9 cm³/mol. The molecule has 0 aromatic heterocycles. The normalized spacial score (nSPS) is 18.6. The van der Waals surface area contributed by atoms with Crippen LogP contribution < -0.4 is 5.73 Å². The van der Waals surface area contributed by atoms with Crippen molar-refractivity contribution < 1.29 is 14.3 Å². The summed E-state index contributed by atoms with van der Waals surface area (Å²) in [7, 11) is 1.36. The summed E-state index contributed by atoms with van der Waals surface area (Å²) in [5.41, 5.74) is 7.21. The van der Waals surface area contributed by atoms with Gasteiger partial charge in [-0.3, -0.25) is 4.79 Å². The van der Waals surface area contributed by atoms with Crippen LogP contribution >= 0.6 is 0 Å². The number of amides is 1. The third kappa shape index (κ3) is 3.29. The standard InChI is InChI=1S/C15H20N2O3/c1-20-15(19)13-7-2-3-8-17(13)14(18)10-11-5-4-6-12(16)9-11/h4-6,9,13H,2-3,7-8,10,16H2,1H3. The Bertz CT molecular complexity index is 502. The van der Waals surface area contributed by atoms with E-state index in [4.69, 9.17) is 10.5 Å². The molecular formula is C15H20N2O3. The maximum absolute atomic E-state index is 12.4. The van der Waals surface area contributed by atoms with Crippen molar-refractivity contribution >= 4 is 17.6 Å². The van der Waals surface area contributed by atoms with Gasteiger partial charge in [0.15, 0.2) is 0 Å². The number of hydrogen-bond acceptors (Lipinski definition) is 4. The van der Waals surface area contributed by atoms with Crippen LogP contribution in [0.4, 0.5) is 5.69 Å². The molecule has 1 aliphatic heterocycles. The maximum atomic E-state index is 12.4. The van der Waals surface area contributed by atoms with E-state index in [1.165, 1.54) is 7.11 Å². The van der Waals surface area contributed by atoms with Crippen LogP contribution in [-0.2, 0) is 20.7 Å². The Morgan fingerprint density at radius 2 is 2.20 bits per heavy atom. The number of ether oxygens (including phenoxy) is 1. The van der Waals surface area contributed by atoms with Crippen LogP contribution in [0.1, 0.15) is 24.8 Å². The molecule has 1 heterocycles. The molecule has 108 valence electrons. The lowest BCUT2D eigenvalue weighted by Gasteiger charge is -2.33. The number of nitrogens with two attached hydrogens (primary N) is 1. The monoisotopic (exact) mass is 276 g/mol. The summed E-state index contributed by atoms with van der Waals surface area (Å²) >= 11 is 0. The number of benzene rings is 1. The van der Waals surface area contributed by atoms with Crippen molar-refractivity contribution in [3.05, 3.63) is 29.8 Å². The fourth-order valence-corrected chi connectivity index (χ4v) is 2.59. The second-order valence-electron chi connectivity index (χ2n) is 5.04. The lowest BCUT2D eigenvalue weighted by atomic mass is 10.0. The van der Waals surface area contributed by atoms with Crippen LogP contribution in [0.5, 0.6) is 0 Å². The molecule has 0 radical (unpaired) electrons. The summed E-state index contributed by atoms with van der Waals surface area (Å²) < 4.78 is 4.79. The van der Waals surface area contributed by atoms with Gasteiger partial charge in [0.25, 0.3) is 0 Å². The van der Waals surface area contributed by atoms with Gasteiger partial charge in [0.2, 0.25) is 5.91 Å². The first-order valence-corrected chi connectivity index (χ1v) is 6.83. The molecule has 0 saturated carbocycles. The smallest absolute Gasteiger partial charge is 0.328 e. The summed E-state index contributed by atoms with van der Waals surface area (Å²) in [6, 6.07) is 6.82. The van der Waals surface area contributed by atoms with Gasteiger partial charge in [-0.2, -0.15) is 0 Å². The summed E-state index contributed by atoms with van der Waals surface area (Å²) in [5, 5.41) is 0. The number of rotatable bonds is 3. The maximum Gasteiger partial charge on any atom is 0.328 e. The molecule has 1 fully saturated rings. The highest BCUT2D eigenvalue weighted by atomic mass is 16.5. The van der Waals surface area contributed by atoms with Crippen LogP contribution in [0.15, 0.2) is 24.3 Å². The van der Waals surface area contributed by atoms with Gasteiger partial charge in [-0.1, -0.05) is 12.1 Å². The average Bonchev–Trinajstić information content (AvgIpc) is 2.46. The molecule has 0 aliphatic carbocycles. The summed E-state index contributed by atoms with van der Waals surface area (Å²) in [6.45, 7) is 0.612. The molecule has 1 atom stereocenters. The van der Waals surface area contributed by atoms with E-state index in [1.54, 1.807) is 17.0 Å². The number of nitrogens with zero attached hydrogens (tertiary/aromatic N) is 1. The first-order chi connectivity index (χ1) is 9.61. The second-order valence-corrected chi connectivity index (χ2v) is 5.04. The second kappa shape index (κ2) is 6.41. The van der Waals surface area contributed by atoms with E-state index in [-0.39, 0.29) is 18.3 Å². The number of anilines is 1. The molecule has 1 amide bonds. The molecule has 20 heavy (non-hydrogen) atoms. The highest BCUT2D eigenvalue weighted by Crippen LogP contribution is 2.20. The van der Waals surface area contributed by atoms with Crippen molar-refractivity contribution in [2.24, 2.45) is 0 Å². The highest BCUT2D eigenvalue weighted by Gasteiger charge is 2.32. The average molecular weight is 276 g/mol. The Labute approximate surface area is 118 Å². The fourth-order valence-electron chi connectivity index (χ4n) is 2.59. The third-order valence-electron chi connectivity index (χ3n) is 3.60. The Morgan fingerprint density at radius 1 is 1.40 bits per heavy atom. The summed E-state index contributed by atoms with van der Waals surface area (Å²) in [5.74, 6) is -0.378. The molecule has 1 aliphatic rings. The number of likely N-dealkylation sites (tertiary alicyclic amines) is 1. The lowest BCUT2D eigenvalue weighted by molar-refractivity contribution is -0.154. The molecule has 5 nitrogen and oxygen atoms in total. The first-order valence-electron chi connectivity index (χ1n) is 6.83. The minimum absolute atomic E-state index is 0.0503. The van der Waals surface area contributed by atoms with Gasteiger partial charge in [0.1, 0.15) is 6.04 Å². The van der Waals surface area contributed by atoms with Gasteiger partial charge in [-0.25, -0.2) is 4.79 Å². The molecular weight excluding hydrogens is 256 g/mol. The Morgan fingerprint density at radius 3 is 2.90 bits per heavy atom. The SMILES string of the molecule is COC(=O)C1CCCCN1C(=O)Cc1cccc(N)c1. The Balaban J connectivity index is 2.08. The topological polar surface area (TPSA) is 72.6 Å². The third-order valence-corrected chi connectivity index (χ3v) is 3.60. The molecule has 1 unspecified atom stereocenters. The molecule has 1 aromatic carbocycles. The summed E-state index contributed by atoms with van der Waals surface area (Å²) in [4.78, 5) is 25.8. The van der Waals surface area contributed by atoms with Gasteiger partial charge in [0, 0.05) is 12.2 Å². The zero-order valence-corrected chi connectivity index (χ0v) is 11.7. The van der Waals surface area contributed by atoms with E-state index in [2.05, 4.69) is 0 Å². The van der Waals surface area contributed by atoms with E-state index >= 15 is 0 Å². The van der Waals surface area contributed by atoms with Crippen LogP contribution in [0.25, 0.3) is 0 Å². The Kier molecular flexibility index (Phi) is 4.61. The summed E-state index contributed by atoms with van der Waals surface area (Å²) in [6.07, 6.45) is 2.81. The van der Waals surface area contributed by atoms with Crippen molar-refractivity contribution in [1.82, 2.24) is 4.90 Å². The highest BCUT2D eigenvalue weighted by molar-refractivity contribution is 5.86. The fraction of sp³-hybridized carbons (Fsp3) is 0.467. The van der Waals surface area contributed by atoms with E-state index < -0.39 is 6.04 Å². The first kappa shape index (κ1) is 14.4. The van der Waals surface area contributed by atoms with Gasteiger partial charge in [0.05, 0.1) is 13.5 Å². The number of piperidine rings is 1. The van der Waals surface area contributed by atoms with Crippen LogP contribution in [0, 0.1) is 0 Å². The van der Waals surface area contributed by atoms with Gasteiger partial charge in [-0.05, 0) is 37.0 Å². The van der Waals surface area contributed by atoms with Crippen LogP contribution in [0.3, 0.4) is 0 Å². The molecule has 2 N–H and O–H groups in total. The van der Waals surface area contributed by atoms with Gasteiger partial charge >= 0.3 is 5.97 Å². The van der Waals surface area contributed by atoms with Crippen molar-refractivity contribution in [3.63, 3.8) is 0 Å². The zero-order chi connectivity index (χ0) is 14.5. The molecule has 0 bridgehead atoms. The number of hydrogen-bond donors (Lipinski definition) is 1. The minimum atomic E-state index is -0.442. The predicted octanol–water partition coefficient (Wildman–Crippen LogP) is 1.37. The number of methoxy groups -OCH3 is 1. The van der Waals surface area contributed by atoms with Crippen molar-refractivity contribution in [3.8, 4) is 0 Å². The van der Waals surface area contributed by atoms with E-state index in [0.717, 1.165) is 18.4 Å². The largest absolute Gasteiger partial charge is 0.467 e. The van der Waals surface area contributed by atoms with E-state index in [1.807, 2.05) is 12.1 Å². The number of carbonyl (C=O) groups excluding carboxylic acids is 2. The van der Waals surface area contributed by atoms with Gasteiger partial charge in [-0.15, -0.1) is 0 Å². The van der Waals surface area contributed by atoms with Crippen LogP contribution in [0.2, 0.25) is 0 Å². The molecule has 2 rings (SSSR count). The van der Waals surface area contributed by atoms with Crippen LogP contribution in [-0.4, -0.2) is 36.5 Å². The molecule has 1 aromatic rings. The zero-order valence-electron chi connectivity index (χ0n) is 11.7. The lowest BCUT2D eigenvalue weighted by Crippen LogP contribution is -2.49. The van der Waals surface area contributed by atoms with E-state index in [9.17, 15) is 9.59 Å². The number of nitrogen functional groups attached to an aromatic ring is 1. The molecule has 0 spiro atoms. The number of carbonyl (C=O) groups is 2. The van der Waals surface area contributed by atoms with Gasteiger partial charge < -0.3 is 15.4 Å². The van der Waals surface area contributed by atoms with E-state index in [0.29, 0.717) is 18.7 Å². The van der Waals surface area contributed by atoms with Crippen molar-refractivity contribution in [2.45, 2.75) is 31.7 Å². The number of esters is 1.